The summed E-state index contributed by atoms with van der Waals surface area (Å²) in [6.07, 6.45) is 0. The maximum Gasteiger partial charge on any atom is 0.315 e. The molecule has 3 nitrogen and oxygen atoms in total. The van der Waals surface area contributed by atoms with Crippen molar-refractivity contribution in [2.45, 2.75) is 24.9 Å². The molecule has 3 heteroatoms. The van der Waals surface area contributed by atoms with Crippen molar-refractivity contribution in [1.82, 2.24) is 5.32 Å². The molecule has 1 aliphatic heterocycles. The molecule has 0 saturated heterocycles. The van der Waals surface area contributed by atoms with Crippen molar-refractivity contribution in [1.29, 1.82) is 0 Å². The van der Waals surface area contributed by atoms with E-state index in [0.29, 0.717) is 0 Å². The summed E-state index contributed by atoms with van der Waals surface area (Å²) in [5.74, 6) is -0.807. The lowest BCUT2D eigenvalue weighted by atomic mass is 9.73. The largest absolute Gasteiger partial charge is 0.481 e. The van der Waals surface area contributed by atoms with E-state index in [1.54, 1.807) is 6.92 Å². The number of carboxylic acids is 1. The molecular weight excluding hydrogens is 250 g/mol. The summed E-state index contributed by atoms with van der Waals surface area (Å²) in [4.78, 5) is 12.0. The summed E-state index contributed by atoms with van der Waals surface area (Å²) < 4.78 is 0. The summed E-state index contributed by atoms with van der Waals surface area (Å²) in [6, 6.07) is 17.3. The normalized spacial score (nSPS) is 20.1. The first kappa shape index (κ1) is 12.9. The van der Waals surface area contributed by atoms with E-state index in [4.69, 9.17) is 0 Å². The predicted octanol–water partition coefficient (Wildman–Crippen LogP) is 2.87. The van der Waals surface area contributed by atoms with Gasteiger partial charge in [-0.05, 0) is 23.6 Å². The van der Waals surface area contributed by atoms with Gasteiger partial charge < -0.3 is 10.4 Å². The minimum absolute atomic E-state index is 0.210. The number of carboxylic acid groups (broad SMARTS) is 1. The van der Waals surface area contributed by atoms with Crippen LogP contribution in [0.15, 0.2) is 54.6 Å². The topological polar surface area (TPSA) is 49.3 Å². The highest BCUT2D eigenvalue weighted by molar-refractivity contribution is 5.82. The van der Waals surface area contributed by atoms with Gasteiger partial charge in [0, 0.05) is 6.54 Å². The fraction of sp³-hybridized carbons (Fsp3) is 0.235. The zero-order valence-electron chi connectivity index (χ0n) is 11.3. The molecule has 2 unspecified atom stereocenters. The molecule has 2 atom stereocenters. The van der Waals surface area contributed by atoms with Crippen LogP contribution < -0.4 is 5.32 Å². The van der Waals surface area contributed by atoms with Crippen molar-refractivity contribution in [2.75, 3.05) is 0 Å². The Morgan fingerprint density at radius 3 is 2.50 bits per heavy atom. The van der Waals surface area contributed by atoms with Gasteiger partial charge in [0.25, 0.3) is 0 Å². The van der Waals surface area contributed by atoms with Crippen LogP contribution in [-0.2, 0) is 16.8 Å². The lowest BCUT2D eigenvalue weighted by molar-refractivity contribution is -0.144. The molecule has 0 spiro atoms. The molecule has 0 bridgehead atoms. The molecule has 0 amide bonds. The van der Waals surface area contributed by atoms with Crippen LogP contribution in [0.5, 0.6) is 0 Å². The van der Waals surface area contributed by atoms with Gasteiger partial charge in [0.05, 0.1) is 6.04 Å². The minimum Gasteiger partial charge on any atom is -0.481 e. The number of benzene rings is 2. The van der Waals surface area contributed by atoms with Crippen LogP contribution >= 0.6 is 0 Å². The number of hydrogen-bond acceptors (Lipinski definition) is 2. The van der Waals surface area contributed by atoms with Crippen LogP contribution in [0.3, 0.4) is 0 Å². The minimum atomic E-state index is -0.978. The lowest BCUT2D eigenvalue weighted by Crippen LogP contribution is -2.43. The summed E-state index contributed by atoms with van der Waals surface area (Å²) in [5.41, 5.74) is 2.11. The fourth-order valence-electron chi connectivity index (χ4n) is 3.01. The molecule has 1 heterocycles. The average Bonchev–Trinajstić information content (AvgIpc) is 2.91. The third-order valence-electron chi connectivity index (χ3n) is 4.26. The van der Waals surface area contributed by atoms with Gasteiger partial charge in [-0.3, -0.25) is 4.79 Å². The molecule has 2 aromatic rings. The van der Waals surface area contributed by atoms with Crippen LogP contribution in [-0.4, -0.2) is 11.1 Å². The summed E-state index contributed by atoms with van der Waals surface area (Å²) >= 11 is 0. The first-order valence-corrected chi connectivity index (χ1v) is 6.74. The number of fused-ring (bicyclic) bond motifs is 1. The van der Waals surface area contributed by atoms with E-state index in [2.05, 4.69) is 11.4 Å². The highest BCUT2D eigenvalue weighted by Gasteiger charge is 2.46. The summed E-state index contributed by atoms with van der Waals surface area (Å²) in [7, 11) is 0. The van der Waals surface area contributed by atoms with E-state index in [-0.39, 0.29) is 6.04 Å². The molecule has 0 fully saturated rings. The molecule has 1 aliphatic rings. The molecule has 0 aliphatic carbocycles. The van der Waals surface area contributed by atoms with Gasteiger partial charge in [-0.15, -0.1) is 0 Å². The second-order valence-electron chi connectivity index (χ2n) is 5.39. The number of hydrogen-bond donors (Lipinski definition) is 2. The Labute approximate surface area is 118 Å². The first-order valence-electron chi connectivity index (χ1n) is 6.74. The third kappa shape index (κ3) is 1.82. The van der Waals surface area contributed by atoms with Crippen molar-refractivity contribution >= 4 is 5.97 Å². The van der Waals surface area contributed by atoms with E-state index in [1.807, 2.05) is 48.5 Å². The van der Waals surface area contributed by atoms with Gasteiger partial charge in [-0.1, -0.05) is 54.6 Å². The van der Waals surface area contributed by atoms with Gasteiger partial charge in [0.15, 0.2) is 0 Å². The van der Waals surface area contributed by atoms with E-state index in [0.717, 1.165) is 17.7 Å². The number of rotatable bonds is 3. The van der Waals surface area contributed by atoms with Gasteiger partial charge >= 0.3 is 5.97 Å². The van der Waals surface area contributed by atoms with Crippen molar-refractivity contribution in [3.8, 4) is 0 Å². The van der Waals surface area contributed by atoms with E-state index >= 15 is 0 Å². The maximum atomic E-state index is 12.0. The molecule has 0 aromatic heterocycles. The van der Waals surface area contributed by atoms with Gasteiger partial charge in [0.1, 0.15) is 5.41 Å². The maximum absolute atomic E-state index is 12.0. The lowest BCUT2D eigenvalue weighted by Gasteiger charge is -2.32. The monoisotopic (exact) mass is 267 g/mol. The Hall–Kier alpha value is -2.13. The molecule has 3 rings (SSSR count). The van der Waals surface area contributed by atoms with Crippen molar-refractivity contribution in [2.24, 2.45) is 0 Å². The van der Waals surface area contributed by atoms with Crippen LogP contribution in [0.1, 0.15) is 29.7 Å². The predicted molar refractivity (Wildman–Crippen MR) is 77.5 cm³/mol. The van der Waals surface area contributed by atoms with Gasteiger partial charge in [0.2, 0.25) is 0 Å². The van der Waals surface area contributed by atoms with Crippen LogP contribution in [0.2, 0.25) is 0 Å². The van der Waals surface area contributed by atoms with E-state index in [9.17, 15) is 9.90 Å². The quantitative estimate of drug-likeness (QED) is 0.899. The Balaban J connectivity index is 2.12. The Morgan fingerprint density at radius 1 is 1.15 bits per heavy atom. The number of aliphatic carboxylic acids is 1. The standard InChI is InChI=1S/C17H17NO2/c1-17(16(19)20,13-8-3-2-4-9-13)15-14-10-6-5-7-12(14)11-18-15/h2-10,15,18H,11H2,1H3,(H,19,20). The van der Waals surface area contributed by atoms with Gasteiger partial charge in [-0.2, -0.15) is 0 Å². The highest BCUT2D eigenvalue weighted by atomic mass is 16.4. The second-order valence-corrected chi connectivity index (χ2v) is 5.39. The molecule has 20 heavy (non-hydrogen) atoms. The summed E-state index contributed by atoms with van der Waals surface area (Å²) in [5, 5.41) is 13.2. The Kier molecular flexibility index (Phi) is 3.07. The zero-order valence-corrected chi connectivity index (χ0v) is 11.3. The Bertz CT molecular complexity index is 638. The van der Waals surface area contributed by atoms with Crippen molar-refractivity contribution < 1.29 is 9.90 Å². The SMILES string of the molecule is CC(C(=O)O)(c1ccccc1)C1NCc2ccccc21. The molecular formula is C17H17NO2. The molecule has 0 saturated carbocycles. The first-order chi connectivity index (χ1) is 9.64. The van der Waals surface area contributed by atoms with Crippen LogP contribution in [0.25, 0.3) is 0 Å². The Morgan fingerprint density at radius 2 is 1.80 bits per heavy atom. The van der Waals surface area contributed by atoms with E-state index < -0.39 is 11.4 Å². The van der Waals surface area contributed by atoms with Crippen molar-refractivity contribution in [3.63, 3.8) is 0 Å². The molecule has 102 valence electrons. The third-order valence-corrected chi connectivity index (χ3v) is 4.26. The zero-order chi connectivity index (χ0) is 14.2. The fourth-order valence-corrected chi connectivity index (χ4v) is 3.01. The number of nitrogens with one attached hydrogen (secondary N) is 1. The second kappa shape index (κ2) is 4.76. The van der Waals surface area contributed by atoms with Gasteiger partial charge in [-0.25, -0.2) is 0 Å². The smallest absolute Gasteiger partial charge is 0.315 e. The number of carbonyl (C=O) groups is 1. The van der Waals surface area contributed by atoms with E-state index in [1.165, 1.54) is 5.56 Å². The average molecular weight is 267 g/mol. The summed E-state index contributed by atoms with van der Waals surface area (Å²) in [6.45, 7) is 2.51. The van der Waals surface area contributed by atoms with Crippen molar-refractivity contribution in [3.05, 3.63) is 71.3 Å². The highest BCUT2D eigenvalue weighted by Crippen LogP contribution is 2.41. The molecule has 2 N–H and O–H groups in total. The van der Waals surface area contributed by atoms with Crippen LogP contribution in [0.4, 0.5) is 0 Å². The molecule has 2 aromatic carbocycles. The van der Waals surface area contributed by atoms with Crippen LogP contribution in [0, 0.1) is 0 Å². The molecule has 0 radical (unpaired) electrons.